The Labute approximate surface area is 140 Å². The highest BCUT2D eigenvalue weighted by atomic mass is 16.3. The zero-order chi connectivity index (χ0) is 17.3. The van der Waals surface area contributed by atoms with Crippen molar-refractivity contribution in [3.63, 3.8) is 0 Å². The lowest BCUT2D eigenvalue weighted by atomic mass is 10.0. The minimum atomic E-state index is -0.219. The van der Waals surface area contributed by atoms with Crippen LogP contribution in [0.15, 0.2) is 30.3 Å². The predicted octanol–water partition coefficient (Wildman–Crippen LogP) is 1.97. The van der Waals surface area contributed by atoms with Crippen LogP contribution in [-0.4, -0.2) is 38.9 Å². The molecule has 0 aliphatic carbocycles. The summed E-state index contributed by atoms with van der Waals surface area (Å²) in [5, 5.41) is 16.9. The van der Waals surface area contributed by atoms with Gasteiger partial charge in [0.2, 0.25) is 0 Å². The first-order valence-corrected chi connectivity index (χ1v) is 7.82. The molecule has 0 aliphatic rings. The van der Waals surface area contributed by atoms with Crippen LogP contribution in [0.3, 0.4) is 0 Å². The van der Waals surface area contributed by atoms with Gasteiger partial charge in [0.25, 0.3) is 5.91 Å². The summed E-state index contributed by atoms with van der Waals surface area (Å²) in [4.78, 5) is 17.2. The van der Waals surface area contributed by atoms with Crippen LogP contribution in [0.1, 0.15) is 21.7 Å². The summed E-state index contributed by atoms with van der Waals surface area (Å²) in [5.74, 6) is -0.219. The number of fused-ring (bicyclic) bond motifs is 1. The third-order valence-corrected chi connectivity index (χ3v) is 4.12. The average Bonchev–Trinajstić information content (AvgIpc) is 2.84. The number of carbonyl (C=O) groups is 1. The van der Waals surface area contributed by atoms with Gasteiger partial charge in [-0.15, -0.1) is 0 Å². The monoisotopic (exact) mass is 324 g/mol. The van der Waals surface area contributed by atoms with Crippen molar-refractivity contribution < 1.29 is 9.90 Å². The molecule has 2 aromatic heterocycles. The first kappa shape index (κ1) is 16.1. The fraction of sp³-hybridized carbons (Fsp3) is 0.278. The van der Waals surface area contributed by atoms with Crippen LogP contribution in [-0.2, 0) is 7.05 Å². The molecule has 0 saturated heterocycles. The van der Waals surface area contributed by atoms with Gasteiger partial charge in [-0.3, -0.25) is 9.48 Å². The number of rotatable bonds is 4. The Morgan fingerprint density at radius 2 is 2.04 bits per heavy atom. The van der Waals surface area contributed by atoms with Gasteiger partial charge in [-0.2, -0.15) is 5.10 Å². The Morgan fingerprint density at radius 3 is 2.71 bits per heavy atom. The van der Waals surface area contributed by atoms with E-state index in [9.17, 15) is 4.79 Å². The van der Waals surface area contributed by atoms with Gasteiger partial charge >= 0.3 is 0 Å². The summed E-state index contributed by atoms with van der Waals surface area (Å²) in [6, 6.07) is 9.35. The number of aryl methyl sites for hydroxylation is 2. The normalized spacial score (nSPS) is 11.0. The van der Waals surface area contributed by atoms with Gasteiger partial charge in [0, 0.05) is 30.2 Å². The van der Waals surface area contributed by atoms with Crippen molar-refractivity contribution in [3.8, 4) is 11.3 Å². The smallest absolute Gasteiger partial charge is 0.252 e. The lowest BCUT2D eigenvalue weighted by Gasteiger charge is -2.10. The van der Waals surface area contributed by atoms with Gasteiger partial charge in [0.15, 0.2) is 0 Å². The van der Waals surface area contributed by atoms with Crippen LogP contribution < -0.4 is 5.32 Å². The molecule has 6 heteroatoms. The minimum Gasteiger partial charge on any atom is -0.395 e. The molecule has 24 heavy (non-hydrogen) atoms. The highest BCUT2D eigenvalue weighted by Crippen LogP contribution is 2.29. The zero-order valence-electron chi connectivity index (χ0n) is 14.0. The van der Waals surface area contributed by atoms with Gasteiger partial charge in [0.1, 0.15) is 0 Å². The summed E-state index contributed by atoms with van der Waals surface area (Å²) in [7, 11) is 1.89. The van der Waals surface area contributed by atoms with E-state index in [4.69, 9.17) is 10.1 Å². The molecule has 3 rings (SSSR count). The number of nitrogens with zero attached hydrogens (tertiary/aromatic N) is 3. The summed E-state index contributed by atoms with van der Waals surface area (Å²) < 4.78 is 1.81. The quantitative estimate of drug-likeness (QED) is 0.769. The molecule has 1 aromatic carbocycles. The molecule has 0 spiro atoms. The molecule has 0 bridgehead atoms. The molecule has 0 atom stereocenters. The van der Waals surface area contributed by atoms with Crippen molar-refractivity contribution >= 4 is 16.8 Å². The molecule has 1 amide bonds. The molecular formula is C18H20N4O2. The van der Waals surface area contributed by atoms with Gasteiger partial charge < -0.3 is 10.4 Å². The van der Waals surface area contributed by atoms with Crippen molar-refractivity contribution in [1.82, 2.24) is 20.1 Å². The second-order valence-corrected chi connectivity index (χ2v) is 5.72. The van der Waals surface area contributed by atoms with Gasteiger partial charge in [0.05, 0.1) is 29.1 Å². The van der Waals surface area contributed by atoms with Crippen LogP contribution in [0.25, 0.3) is 22.2 Å². The van der Waals surface area contributed by atoms with E-state index in [1.54, 1.807) is 6.07 Å². The van der Waals surface area contributed by atoms with E-state index >= 15 is 0 Å². The van der Waals surface area contributed by atoms with Gasteiger partial charge in [-0.05, 0) is 26.0 Å². The largest absolute Gasteiger partial charge is 0.395 e. The van der Waals surface area contributed by atoms with Crippen molar-refractivity contribution in [2.45, 2.75) is 13.8 Å². The van der Waals surface area contributed by atoms with Crippen molar-refractivity contribution in [2.24, 2.45) is 7.05 Å². The Kier molecular flexibility index (Phi) is 4.31. The lowest BCUT2D eigenvalue weighted by Crippen LogP contribution is -2.26. The first-order chi connectivity index (χ1) is 11.5. The standard InChI is InChI=1S/C18H20N4O2/c1-11-17(12(2)22(3)21-11)16-10-14(18(24)19-8-9-23)13-6-4-5-7-15(13)20-16/h4-7,10,23H,8-9H2,1-3H3,(H,19,24). The van der Waals surface area contributed by atoms with E-state index < -0.39 is 0 Å². The maximum atomic E-state index is 12.5. The first-order valence-electron chi connectivity index (χ1n) is 7.82. The third kappa shape index (κ3) is 2.76. The molecule has 0 unspecified atom stereocenters. The van der Waals surface area contributed by atoms with E-state index in [0.717, 1.165) is 33.5 Å². The molecular weight excluding hydrogens is 304 g/mol. The topological polar surface area (TPSA) is 80.0 Å². The second kappa shape index (κ2) is 6.41. The summed E-state index contributed by atoms with van der Waals surface area (Å²) in [6.07, 6.45) is 0. The van der Waals surface area contributed by atoms with Crippen LogP contribution in [0, 0.1) is 13.8 Å². The Hall–Kier alpha value is -2.73. The van der Waals surface area contributed by atoms with Gasteiger partial charge in [-0.25, -0.2) is 4.98 Å². The number of hydrogen-bond donors (Lipinski definition) is 2. The minimum absolute atomic E-state index is 0.0948. The molecule has 0 radical (unpaired) electrons. The van der Waals surface area contributed by atoms with Crippen LogP contribution in [0.2, 0.25) is 0 Å². The van der Waals surface area contributed by atoms with E-state index in [0.29, 0.717) is 5.56 Å². The third-order valence-electron chi connectivity index (χ3n) is 4.12. The molecule has 2 N–H and O–H groups in total. The lowest BCUT2D eigenvalue weighted by molar-refractivity contribution is 0.0946. The number of pyridine rings is 1. The van der Waals surface area contributed by atoms with E-state index in [-0.39, 0.29) is 19.1 Å². The molecule has 0 aliphatic heterocycles. The fourth-order valence-corrected chi connectivity index (χ4v) is 2.90. The Morgan fingerprint density at radius 1 is 1.29 bits per heavy atom. The highest BCUT2D eigenvalue weighted by molar-refractivity contribution is 6.07. The molecule has 124 valence electrons. The van der Waals surface area contributed by atoms with Crippen LogP contribution in [0.5, 0.6) is 0 Å². The Bertz CT molecular complexity index is 915. The number of amides is 1. The predicted molar refractivity (Wildman–Crippen MR) is 92.8 cm³/mol. The van der Waals surface area contributed by atoms with Crippen molar-refractivity contribution in [3.05, 3.63) is 47.3 Å². The number of para-hydroxylation sites is 1. The molecule has 0 saturated carbocycles. The summed E-state index contributed by atoms with van der Waals surface area (Å²) >= 11 is 0. The number of aliphatic hydroxyl groups excluding tert-OH is 1. The average molecular weight is 324 g/mol. The van der Waals surface area contributed by atoms with Crippen molar-refractivity contribution in [1.29, 1.82) is 0 Å². The second-order valence-electron chi connectivity index (χ2n) is 5.72. The maximum Gasteiger partial charge on any atom is 0.252 e. The maximum absolute atomic E-state index is 12.5. The number of aliphatic hydroxyl groups is 1. The zero-order valence-corrected chi connectivity index (χ0v) is 14.0. The number of aromatic nitrogens is 3. The molecule has 2 heterocycles. The highest BCUT2D eigenvalue weighted by Gasteiger charge is 2.18. The number of hydrogen-bond acceptors (Lipinski definition) is 4. The Balaban J connectivity index is 2.22. The van der Waals surface area contributed by atoms with Crippen LogP contribution in [0.4, 0.5) is 0 Å². The van der Waals surface area contributed by atoms with Gasteiger partial charge in [-0.1, -0.05) is 18.2 Å². The van der Waals surface area contributed by atoms with E-state index in [1.165, 1.54) is 0 Å². The van der Waals surface area contributed by atoms with E-state index in [1.807, 2.05) is 49.8 Å². The number of carbonyl (C=O) groups excluding carboxylic acids is 1. The molecule has 3 aromatic rings. The molecule has 0 fully saturated rings. The summed E-state index contributed by atoms with van der Waals surface area (Å²) in [6.45, 7) is 4.04. The molecule has 6 nitrogen and oxygen atoms in total. The summed E-state index contributed by atoms with van der Waals surface area (Å²) in [5.41, 5.74) is 4.85. The number of benzene rings is 1. The van der Waals surface area contributed by atoms with Crippen LogP contribution >= 0.6 is 0 Å². The fourth-order valence-electron chi connectivity index (χ4n) is 2.90. The number of nitrogens with one attached hydrogen (secondary N) is 1. The van der Waals surface area contributed by atoms with E-state index in [2.05, 4.69) is 10.4 Å². The van der Waals surface area contributed by atoms with Crippen molar-refractivity contribution in [2.75, 3.05) is 13.2 Å². The SMILES string of the molecule is Cc1nn(C)c(C)c1-c1cc(C(=O)NCCO)c2ccccc2n1.